The zero-order chi connectivity index (χ0) is 22.7. The number of phenols is 1. The van der Waals surface area contributed by atoms with Gasteiger partial charge < -0.3 is 19.3 Å². The summed E-state index contributed by atoms with van der Waals surface area (Å²) >= 11 is 8.58. The Morgan fingerprint density at radius 3 is 2.55 bits per heavy atom. The van der Waals surface area contributed by atoms with Gasteiger partial charge >= 0.3 is 0 Å². The van der Waals surface area contributed by atoms with Gasteiger partial charge in [0.1, 0.15) is 17.1 Å². The van der Waals surface area contributed by atoms with E-state index in [1.54, 1.807) is 25.1 Å². The van der Waals surface area contributed by atoms with Crippen LogP contribution in [0, 0.1) is 0 Å². The van der Waals surface area contributed by atoms with Crippen LogP contribution in [0.25, 0.3) is 6.08 Å². The molecule has 10 heteroatoms. The molecular weight excluding hydrogens is 488 g/mol. The number of anilines is 1. The Kier molecular flexibility index (Phi) is 6.81. The smallest absolute Gasteiger partial charge is 0.270 e. The molecule has 0 spiro atoms. The average molecular weight is 507 g/mol. The fourth-order valence-corrected chi connectivity index (χ4v) is 3.66. The van der Waals surface area contributed by atoms with Crippen LogP contribution in [0.15, 0.2) is 40.4 Å². The number of benzene rings is 2. The molecule has 31 heavy (non-hydrogen) atoms. The summed E-state index contributed by atoms with van der Waals surface area (Å²) in [5.41, 5.74) is 0.665. The summed E-state index contributed by atoms with van der Waals surface area (Å²) in [7, 11) is 2.96. The fraction of sp³-hybridized carbons (Fsp3) is 0.190. The summed E-state index contributed by atoms with van der Waals surface area (Å²) in [5, 5.41) is 12.5. The monoisotopic (exact) mass is 506 g/mol. The normalized spacial score (nSPS) is 15.2. The second-order valence-corrected chi connectivity index (χ2v) is 7.51. The van der Waals surface area contributed by atoms with Crippen LogP contribution in [0.5, 0.6) is 23.0 Å². The van der Waals surface area contributed by atoms with Crippen molar-refractivity contribution in [1.29, 1.82) is 0 Å². The van der Waals surface area contributed by atoms with E-state index in [-0.39, 0.29) is 22.2 Å². The van der Waals surface area contributed by atoms with Crippen LogP contribution in [0.1, 0.15) is 12.5 Å². The molecule has 1 saturated heterocycles. The molecule has 2 aromatic rings. The molecule has 1 aliphatic heterocycles. The van der Waals surface area contributed by atoms with Crippen LogP contribution < -0.4 is 24.4 Å². The van der Waals surface area contributed by atoms with Gasteiger partial charge in [-0.1, -0.05) is 15.9 Å². The van der Waals surface area contributed by atoms with E-state index in [1.807, 2.05) is 0 Å². The number of amides is 2. The first kappa shape index (κ1) is 22.6. The molecule has 1 fully saturated rings. The number of aromatic hydroxyl groups is 1. The summed E-state index contributed by atoms with van der Waals surface area (Å²) < 4.78 is 16.4. The summed E-state index contributed by atoms with van der Waals surface area (Å²) in [5.74, 6) is -0.236. The maximum absolute atomic E-state index is 13.3. The highest BCUT2D eigenvalue weighted by molar-refractivity contribution is 9.10. The molecule has 0 aromatic heterocycles. The molecule has 1 aliphatic rings. The zero-order valence-corrected chi connectivity index (χ0v) is 19.3. The number of carbonyl (C=O) groups excluding carboxylic acids is 2. The number of hydrogen-bond donors (Lipinski definition) is 2. The lowest BCUT2D eigenvalue weighted by atomic mass is 10.1. The second kappa shape index (κ2) is 9.36. The first-order valence-corrected chi connectivity index (χ1v) is 10.3. The predicted molar refractivity (Wildman–Crippen MR) is 123 cm³/mol. The topological polar surface area (TPSA) is 97.3 Å². The number of rotatable bonds is 6. The van der Waals surface area contributed by atoms with Crippen molar-refractivity contribution >= 4 is 56.8 Å². The van der Waals surface area contributed by atoms with Crippen LogP contribution in [-0.2, 0) is 9.59 Å². The Morgan fingerprint density at radius 1 is 1.16 bits per heavy atom. The van der Waals surface area contributed by atoms with E-state index in [0.717, 1.165) is 0 Å². The van der Waals surface area contributed by atoms with Gasteiger partial charge in [0.2, 0.25) is 0 Å². The van der Waals surface area contributed by atoms with Crippen LogP contribution >= 0.6 is 28.1 Å². The maximum atomic E-state index is 13.3. The predicted octanol–water partition coefficient (Wildman–Crippen LogP) is 3.40. The van der Waals surface area contributed by atoms with E-state index in [4.69, 9.17) is 26.4 Å². The van der Waals surface area contributed by atoms with Gasteiger partial charge in [0.05, 0.1) is 26.5 Å². The van der Waals surface area contributed by atoms with Crippen molar-refractivity contribution in [2.45, 2.75) is 6.92 Å². The molecule has 8 nitrogen and oxygen atoms in total. The van der Waals surface area contributed by atoms with E-state index < -0.39 is 11.8 Å². The quantitative estimate of drug-likeness (QED) is 0.352. The van der Waals surface area contributed by atoms with Gasteiger partial charge in [0, 0.05) is 10.5 Å². The molecule has 2 N–H and O–H groups in total. The van der Waals surface area contributed by atoms with Crippen LogP contribution in [-0.4, -0.2) is 42.9 Å². The first-order valence-electron chi connectivity index (χ1n) is 9.09. The number of methoxy groups -OCH3 is 2. The number of nitrogens with zero attached hydrogens (tertiary/aromatic N) is 1. The molecule has 0 saturated carbocycles. The third kappa shape index (κ3) is 4.49. The van der Waals surface area contributed by atoms with Gasteiger partial charge in [0.15, 0.2) is 16.6 Å². The third-order valence-corrected chi connectivity index (χ3v) is 5.38. The van der Waals surface area contributed by atoms with Crippen molar-refractivity contribution < 1.29 is 28.9 Å². The van der Waals surface area contributed by atoms with Gasteiger partial charge in [-0.05, 0) is 55.0 Å². The number of halogens is 1. The summed E-state index contributed by atoms with van der Waals surface area (Å²) in [6, 6.07) is 7.83. The zero-order valence-electron chi connectivity index (χ0n) is 16.9. The second-order valence-electron chi connectivity index (χ2n) is 6.27. The van der Waals surface area contributed by atoms with Crippen LogP contribution in [0.2, 0.25) is 0 Å². The Balaban J connectivity index is 2.08. The molecule has 3 rings (SSSR count). The van der Waals surface area contributed by atoms with E-state index in [0.29, 0.717) is 33.8 Å². The minimum Gasteiger partial charge on any atom is -0.504 e. The first-order chi connectivity index (χ1) is 14.8. The van der Waals surface area contributed by atoms with Gasteiger partial charge in [-0.3, -0.25) is 14.9 Å². The minimum absolute atomic E-state index is 0.0685. The molecule has 0 atom stereocenters. The Hall–Kier alpha value is -3.11. The Labute approximate surface area is 192 Å². The van der Waals surface area contributed by atoms with E-state index in [1.165, 1.54) is 37.3 Å². The molecule has 0 bridgehead atoms. The largest absolute Gasteiger partial charge is 0.504 e. The summed E-state index contributed by atoms with van der Waals surface area (Å²) in [4.78, 5) is 27.0. The molecular formula is C21H19BrN2O6S. The van der Waals surface area contributed by atoms with E-state index in [9.17, 15) is 14.7 Å². The number of ether oxygens (including phenoxy) is 3. The number of hydrogen-bond acceptors (Lipinski definition) is 7. The molecule has 162 valence electrons. The average Bonchev–Trinajstić information content (AvgIpc) is 2.74. The highest BCUT2D eigenvalue weighted by Gasteiger charge is 2.36. The molecule has 0 aliphatic carbocycles. The highest BCUT2D eigenvalue weighted by atomic mass is 79.9. The minimum atomic E-state index is -0.642. The lowest BCUT2D eigenvalue weighted by Crippen LogP contribution is -2.54. The van der Waals surface area contributed by atoms with Crippen molar-refractivity contribution in [2.75, 3.05) is 25.7 Å². The van der Waals surface area contributed by atoms with Gasteiger partial charge in [-0.15, -0.1) is 0 Å². The number of carbonyl (C=O) groups is 2. The Morgan fingerprint density at radius 2 is 1.90 bits per heavy atom. The molecule has 0 radical (unpaired) electrons. The molecule has 1 heterocycles. The molecule has 0 unspecified atom stereocenters. The number of thiocarbonyl (C=S) groups is 1. The fourth-order valence-electron chi connectivity index (χ4n) is 2.94. The molecule has 2 aromatic carbocycles. The SMILES string of the molecule is CCOc1cc(/C=C2\C(=O)NC(=S)N(c3ccc(OC)cc3OC)C2=O)c(Br)cc1O. The molecule has 2 amide bonds. The standard InChI is InChI=1S/C21H19BrN2O6S/c1-4-30-18-8-11(14(22)10-16(18)25)7-13-19(26)23-21(31)24(20(13)27)15-6-5-12(28-2)9-17(15)29-3/h5-10,25H,4H2,1-3H3,(H,23,26,31)/b13-7+. The lowest BCUT2D eigenvalue weighted by Gasteiger charge is -2.30. The summed E-state index contributed by atoms with van der Waals surface area (Å²) in [6.45, 7) is 2.11. The van der Waals surface area contributed by atoms with Gasteiger partial charge in [-0.2, -0.15) is 0 Å². The van der Waals surface area contributed by atoms with Crippen molar-refractivity contribution in [3.05, 3.63) is 45.9 Å². The van der Waals surface area contributed by atoms with Crippen molar-refractivity contribution in [3.8, 4) is 23.0 Å². The Bertz CT molecular complexity index is 1100. The van der Waals surface area contributed by atoms with Gasteiger partial charge in [-0.25, -0.2) is 4.90 Å². The van der Waals surface area contributed by atoms with Crippen molar-refractivity contribution in [3.63, 3.8) is 0 Å². The van der Waals surface area contributed by atoms with Crippen LogP contribution in [0.4, 0.5) is 5.69 Å². The third-order valence-electron chi connectivity index (χ3n) is 4.41. The van der Waals surface area contributed by atoms with Crippen molar-refractivity contribution in [2.24, 2.45) is 0 Å². The highest BCUT2D eigenvalue weighted by Crippen LogP contribution is 2.36. The summed E-state index contributed by atoms with van der Waals surface area (Å²) in [6.07, 6.45) is 1.40. The van der Waals surface area contributed by atoms with Crippen LogP contribution in [0.3, 0.4) is 0 Å². The van der Waals surface area contributed by atoms with Gasteiger partial charge in [0.25, 0.3) is 11.8 Å². The van der Waals surface area contributed by atoms with E-state index in [2.05, 4.69) is 21.2 Å². The number of nitrogens with one attached hydrogen (secondary N) is 1. The van der Waals surface area contributed by atoms with Crippen molar-refractivity contribution in [1.82, 2.24) is 5.32 Å². The van der Waals surface area contributed by atoms with E-state index >= 15 is 0 Å². The lowest BCUT2D eigenvalue weighted by molar-refractivity contribution is -0.122. The number of phenolic OH excluding ortho intramolecular Hbond substituents is 1. The maximum Gasteiger partial charge on any atom is 0.270 e.